The molecule has 0 unspecified atom stereocenters. The first kappa shape index (κ1) is 11.9. The molecule has 1 aliphatic carbocycles. The van der Waals surface area contributed by atoms with Crippen LogP contribution in [-0.4, -0.2) is 18.6 Å². The minimum Gasteiger partial charge on any atom is -0.388 e. The summed E-state index contributed by atoms with van der Waals surface area (Å²) < 4.78 is 0. The van der Waals surface area contributed by atoms with Crippen molar-refractivity contribution >= 4 is 28.9 Å². The highest BCUT2D eigenvalue weighted by atomic mass is 35.5. The van der Waals surface area contributed by atoms with E-state index in [0.717, 1.165) is 0 Å². The Labute approximate surface area is 115 Å². The first-order valence-corrected chi connectivity index (χ1v) is 6.21. The van der Waals surface area contributed by atoms with Gasteiger partial charge in [-0.3, -0.25) is 9.59 Å². The number of nitrogens with one attached hydrogen (secondary N) is 1. The predicted octanol–water partition coefficient (Wildman–Crippen LogP) is 3.16. The fourth-order valence-corrected chi connectivity index (χ4v) is 2.55. The SMILES string of the molecule is CNc1cccc2c1C(=O)c1cc(Cl)ccc1C2=O. The smallest absolute Gasteiger partial charge is 0.196 e. The van der Waals surface area contributed by atoms with E-state index in [4.69, 9.17) is 11.6 Å². The number of rotatable bonds is 1. The standard InChI is InChI=1S/C15H10ClNO2/c1-17-12-4-2-3-10-13(12)15(19)11-7-8(16)5-6-9(11)14(10)18/h2-7,17H,1H3. The molecule has 19 heavy (non-hydrogen) atoms. The Kier molecular flexibility index (Phi) is 2.64. The van der Waals surface area contributed by atoms with Crippen molar-refractivity contribution in [3.8, 4) is 0 Å². The minimum absolute atomic E-state index is 0.140. The highest BCUT2D eigenvalue weighted by Gasteiger charge is 2.31. The normalized spacial score (nSPS) is 12.9. The summed E-state index contributed by atoms with van der Waals surface area (Å²) in [4.78, 5) is 24.9. The van der Waals surface area contributed by atoms with Crippen LogP contribution in [0.2, 0.25) is 5.02 Å². The molecule has 0 aromatic heterocycles. The van der Waals surface area contributed by atoms with Gasteiger partial charge in [0.25, 0.3) is 0 Å². The molecule has 0 fully saturated rings. The Morgan fingerprint density at radius 3 is 2.47 bits per heavy atom. The lowest BCUT2D eigenvalue weighted by atomic mass is 9.83. The number of hydrogen-bond acceptors (Lipinski definition) is 3. The summed E-state index contributed by atoms with van der Waals surface area (Å²) >= 11 is 5.91. The summed E-state index contributed by atoms with van der Waals surface area (Å²) in [5.41, 5.74) is 2.29. The second kappa shape index (κ2) is 4.21. The Bertz CT molecular complexity index is 722. The first-order valence-electron chi connectivity index (χ1n) is 5.83. The average molecular weight is 272 g/mol. The molecule has 0 aliphatic heterocycles. The number of ketones is 2. The molecular formula is C15H10ClNO2. The molecule has 0 bridgehead atoms. The van der Waals surface area contributed by atoms with Crippen molar-refractivity contribution in [3.63, 3.8) is 0 Å². The largest absolute Gasteiger partial charge is 0.388 e. The molecule has 2 aromatic rings. The van der Waals surface area contributed by atoms with Gasteiger partial charge < -0.3 is 5.32 Å². The van der Waals surface area contributed by atoms with E-state index >= 15 is 0 Å². The molecule has 0 heterocycles. The molecule has 3 nitrogen and oxygen atoms in total. The molecule has 2 aromatic carbocycles. The van der Waals surface area contributed by atoms with E-state index in [0.29, 0.717) is 33.0 Å². The van der Waals surface area contributed by atoms with Crippen molar-refractivity contribution in [2.45, 2.75) is 0 Å². The molecule has 1 aliphatic rings. The third-order valence-corrected chi connectivity index (χ3v) is 3.51. The van der Waals surface area contributed by atoms with E-state index in [1.54, 1.807) is 43.4 Å². The van der Waals surface area contributed by atoms with Gasteiger partial charge in [0.2, 0.25) is 0 Å². The Hall–Kier alpha value is -2.13. The minimum atomic E-state index is -0.169. The van der Waals surface area contributed by atoms with Gasteiger partial charge in [0, 0.05) is 34.4 Å². The van der Waals surface area contributed by atoms with Crippen LogP contribution in [0.5, 0.6) is 0 Å². The van der Waals surface area contributed by atoms with Crippen LogP contribution in [0.25, 0.3) is 0 Å². The number of carbonyl (C=O) groups is 2. The number of anilines is 1. The number of benzene rings is 2. The summed E-state index contributed by atoms with van der Waals surface area (Å²) in [6, 6.07) is 9.99. The van der Waals surface area contributed by atoms with E-state index in [9.17, 15) is 9.59 Å². The van der Waals surface area contributed by atoms with Crippen molar-refractivity contribution in [3.05, 3.63) is 63.7 Å². The van der Waals surface area contributed by atoms with Crippen LogP contribution in [-0.2, 0) is 0 Å². The third kappa shape index (κ3) is 1.66. The fourth-order valence-electron chi connectivity index (χ4n) is 2.38. The number of hydrogen-bond donors (Lipinski definition) is 1. The van der Waals surface area contributed by atoms with Gasteiger partial charge in [-0.1, -0.05) is 23.7 Å². The maximum atomic E-state index is 12.5. The summed E-state index contributed by atoms with van der Waals surface area (Å²) in [5, 5.41) is 3.39. The molecule has 0 saturated carbocycles. The van der Waals surface area contributed by atoms with Gasteiger partial charge in [-0.2, -0.15) is 0 Å². The maximum absolute atomic E-state index is 12.5. The molecule has 0 saturated heterocycles. The summed E-state index contributed by atoms with van der Waals surface area (Å²) in [6.45, 7) is 0. The number of halogens is 1. The fraction of sp³-hybridized carbons (Fsp3) is 0.0667. The van der Waals surface area contributed by atoms with Crippen molar-refractivity contribution in [2.75, 3.05) is 12.4 Å². The van der Waals surface area contributed by atoms with Crippen LogP contribution < -0.4 is 5.32 Å². The lowest BCUT2D eigenvalue weighted by Gasteiger charge is -2.20. The van der Waals surface area contributed by atoms with Crippen LogP contribution in [0, 0.1) is 0 Å². The Morgan fingerprint density at radius 1 is 0.947 bits per heavy atom. The molecular weight excluding hydrogens is 262 g/mol. The van der Waals surface area contributed by atoms with Crippen LogP contribution >= 0.6 is 11.6 Å². The van der Waals surface area contributed by atoms with Crippen LogP contribution in [0.3, 0.4) is 0 Å². The summed E-state index contributed by atoms with van der Waals surface area (Å²) in [7, 11) is 1.72. The van der Waals surface area contributed by atoms with Crippen molar-refractivity contribution in [1.29, 1.82) is 0 Å². The second-order valence-corrected chi connectivity index (χ2v) is 4.76. The van der Waals surface area contributed by atoms with Gasteiger partial charge in [-0.15, -0.1) is 0 Å². The highest BCUT2D eigenvalue weighted by Crippen LogP contribution is 2.32. The molecule has 1 N–H and O–H groups in total. The molecule has 0 atom stereocenters. The first-order chi connectivity index (χ1) is 9.13. The third-order valence-electron chi connectivity index (χ3n) is 3.28. The van der Waals surface area contributed by atoms with Crippen molar-refractivity contribution in [2.24, 2.45) is 0 Å². The zero-order chi connectivity index (χ0) is 13.6. The Balaban J connectivity index is 2.33. The topological polar surface area (TPSA) is 46.2 Å². The molecule has 4 heteroatoms. The molecule has 0 amide bonds. The van der Waals surface area contributed by atoms with E-state index in [1.807, 2.05) is 0 Å². The van der Waals surface area contributed by atoms with E-state index in [2.05, 4.69) is 5.32 Å². The summed E-state index contributed by atoms with van der Waals surface area (Å²) in [6.07, 6.45) is 0. The lowest BCUT2D eigenvalue weighted by Crippen LogP contribution is -2.22. The van der Waals surface area contributed by atoms with Gasteiger partial charge >= 0.3 is 0 Å². The number of fused-ring (bicyclic) bond motifs is 2. The molecule has 94 valence electrons. The van der Waals surface area contributed by atoms with Gasteiger partial charge in [-0.05, 0) is 24.3 Å². The zero-order valence-corrected chi connectivity index (χ0v) is 10.9. The van der Waals surface area contributed by atoms with Crippen molar-refractivity contribution < 1.29 is 9.59 Å². The highest BCUT2D eigenvalue weighted by molar-refractivity contribution is 6.34. The van der Waals surface area contributed by atoms with Gasteiger partial charge in [-0.25, -0.2) is 0 Å². The van der Waals surface area contributed by atoms with Gasteiger partial charge in [0.05, 0.1) is 5.56 Å². The van der Waals surface area contributed by atoms with Crippen LogP contribution in [0.4, 0.5) is 5.69 Å². The zero-order valence-electron chi connectivity index (χ0n) is 10.2. The maximum Gasteiger partial charge on any atom is 0.196 e. The second-order valence-electron chi connectivity index (χ2n) is 4.33. The van der Waals surface area contributed by atoms with Crippen LogP contribution in [0.15, 0.2) is 36.4 Å². The Morgan fingerprint density at radius 2 is 1.74 bits per heavy atom. The van der Waals surface area contributed by atoms with E-state index in [1.165, 1.54) is 0 Å². The van der Waals surface area contributed by atoms with Crippen molar-refractivity contribution in [1.82, 2.24) is 0 Å². The quantitative estimate of drug-likeness (QED) is 0.739. The lowest BCUT2D eigenvalue weighted by molar-refractivity contribution is 0.0979. The monoisotopic (exact) mass is 271 g/mol. The molecule has 0 radical (unpaired) electrons. The summed E-state index contributed by atoms with van der Waals surface area (Å²) in [5.74, 6) is -0.310. The molecule has 0 spiro atoms. The molecule has 3 rings (SSSR count). The number of carbonyl (C=O) groups excluding carboxylic acids is 2. The van der Waals surface area contributed by atoms with Gasteiger partial charge in [0.15, 0.2) is 11.6 Å². The van der Waals surface area contributed by atoms with E-state index < -0.39 is 0 Å². The van der Waals surface area contributed by atoms with Crippen LogP contribution in [0.1, 0.15) is 31.8 Å². The average Bonchev–Trinajstić information content (AvgIpc) is 2.43. The van der Waals surface area contributed by atoms with Gasteiger partial charge in [0.1, 0.15) is 0 Å². The van der Waals surface area contributed by atoms with E-state index in [-0.39, 0.29) is 11.6 Å². The predicted molar refractivity (Wildman–Crippen MR) is 74.3 cm³/mol.